The Labute approximate surface area is 246 Å². The van der Waals surface area contributed by atoms with Gasteiger partial charge in [-0.2, -0.15) is 9.46 Å². The molecule has 16 heteroatoms. The second kappa shape index (κ2) is 11.7. The van der Waals surface area contributed by atoms with Gasteiger partial charge in [0.25, 0.3) is 5.91 Å². The SMILES string of the molecule is COC(=O)N1CCS(=O)(=NC(=O)c2cn3ncnc(Nc4ccc(F)cc4O[C@@H]4CO[C@H]5[C@@H]4OC[C@H]5OC)c3c2C)CC1. The van der Waals surface area contributed by atoms with E-state index >= 15 is 0 Å². The lowest BCUT2D eigenvalue weighted by Gasteiger charge is -2.27. The molecule has 0 aliphatic carbocycles. The maximum absolute atomic E-state index is 14.3. The predicted octanol–water partition coefficient (Wildman–Crippen LogP) is 2.17. The number of halogens is 1. The second-order valence-electron chi connectivity index (χ2n) is 10.4. The van der Waals surface area contributed by atoms with Crippen molar-refractivity contribution in [3.63, 3.8) is 0 Å². The van der Waals surface area contributed by atoms with Crippen LogP contribution < -0.4 is 10.1 Å². The first-order valence-corrected chi connectivity index (χ1v) is 15.5. The van der Waals surface area contributed by atoms with Gasteiger partial charge in [0, 0.05) is 32.5 Å². The fraction of sp³-hybridized carbons (Fsp3) is 0.481. The first kappa shape index (κ1) is 29.2. The van der Waals surface area contributed by atoms with E-state index < -0.39 is 33.7 Å². The van der Waals surface area contributed by atoms with Crippen molar-refractivity contribution in [2.24, 2.45) is 4.36 Å². The van der Waals surface area contributed by atoms with E-state index in [4.69, 9.17) is 23.7 Å². The van der Waals surface area contributed by atoms with Crippen molar-refractivity contribution in [1.82, 2.24) is 19.5 Å². The number of anilines is 2. The summed E-state index contributed by atoms with van der Waals surface area (Å²) < 4.78 is 61.2. The first-order valence-electron chi connectivity index (χ1n) is 13.6. The Morgan fingerprint density at radius 1 is 1.14 bits per heavy atom. The molecule has 4 atom stereocenters. The summed E-state index contributed by atoms with van der Waals surface area (Å²) in [6.45, 7) is 2.68. The number of ether oxygens (including phenoxy) is 5. The van der Waals surface area contributed by atoms with Gasteiger partial charge in [0.1, 0.15) is 41.7 Å². The Balaban J connectivity index is 1.25. The molecule has 2 aromatic heterocycles. The van der Waals surface area contributed by atoms with Crippen molar-refractivity contribution in [2.75, 3.05) is 57.3 Å². The van der Waals surface area contributed by atoms with Gasteiger partial charge in [-0.1, -0.05) is 0 Å². The number of hydrogen-bond donors (Lipinski definition) is 1. The molecular formula is C27H31FN6O8S. The van der Waals surface area contributed by atoms with Crippen LogP contribution in [-0.2, 0) is 28.7 Å². The number of benzene rings is 1. The Kier molecular flexibility index (Phi) is 7.93. The van der Waals surface area contributed by atoms with Crippen LogP contribution in [0.2, 0.25) is 0 Å². The molecular weight excluding hydrogens is 587 g/mol. The Morgan fingerprint density at radius 2 is 1.86 bits per heavy atom. The van der Waals surface area contributed by atoms with E-state index in [2.05, 4.69) is 19.8 Å². The molecule has 3 aliphatic rings. The number of carbonyl (C=O) groups is 2. The number of methoxy groups -OCH3 is 2. The Bertz CT molecular complexity index is 1680. The fourth-order valence-electron chi connectivity index (χ4n) is 5.51. The summed E-state index contributed by atoms with van der Waals surface area (Å²) in [5, 5.41) is 7.41. The highest BCUT2D eigenvalue weighted by Crippen LogP contribution is 2.36. The van der Waals surface area contributed by atoms with Crippen LogP contribution in [0.3, 0.4) is 0 Å². The van der Waals surface area contributed by atoms with Crippen molar-refractivity contribution >= 4 is 38.8 Å². The quantitative estimate of drug-likeness (QED) is 0.432. The number of fused-ring (bicyclic) bond motifs is 2. The van der Waals surface area contributed by atoms with Crippen LogP contribution in [0.1, 0.15) is 15.9 Å². The molecule has 0 saturated carbocycles. The topological polar surface area (TPSA) is 155 Å². The number of nitrogens with zero attached hydrogens (tertiary/aromatic N) is 5. The van der Waals surface area contributed by atoms with Crippen LogP contribution >= 0.6 is 0 Å². The van der Waals surface area contributed by atoms with Crippen molar-refractivity contribution in [3.8, 4) is 5.75 Å². The average molecular weight is 619 g/mol. The van der Waals surface area contributed by atoms with Crippen LogP contribution in [0, 0.1) is 12.7 Å². The summed E-state index contributed by atoms with van der Waals surface area (Å²) in [7, 11) is -0.000856. The molecule has 14 nitrogen and oxygen atoms in total. The normalized spacial score (nSPS) is 24.5. The van der Waals surface area contributed by atoms with E-state index in [9.17, 15) is 18.2 Å². The molecule has 0 bridgehead atoms. The van der Waals surface area contributed by atoms with Gasteiger partial charge in [-0.05, 0) is 24.6 Å². The maximum Gasteiger partial charge on any atom is 0.409 e. The van der Waals surface area contributed by atoms with Crippen LogP contribution in [0.5, 0.6) is 5.75 Å². The molecule has 0 unspecified atom stereocenters. The lowest BCUT2D eigenvalue weighted by Crippen LogP contribution is -2.43. The minimum atomic E-state index is -2.87. The third-order valence-corrected chi connectivity index (χ3v) is 9.98. The predicted molar refractivity (Wildman–Crippen MR) is 151 cm³/mol. The van der Waals surface area contributed by atoms with E-state index in [1.807, 2.05) is 0 Å². The van der Waals surface area contributed by atoms with Crippen molar-refractivity contribution in [2.45, 2.75) is 31.3 Å². The second-order valence-corrected chi connectivity index (χ2v) is 12.9. The molecule has 1 aromatic carbocycles. The number of aromatic nitrogens is 3. The lowest BCUT2D eigenvalue weighted by molar-refractivity contribution is -0.0138. The monoisotopic (exact) mass is 618 g/mol. The number of rotatable bonds is 6. The third-order valence-electron chi connectivity index (χ3n) is 7.84. The summed E-state index contributed by atoms with van der Waals surface area (Å²) in [4.78, 5) is 30.8. The molecule has 3 aromatic rings. The molecule has 0 radical (unpaired) electrons. The van der Waals surface area contributed by atoms with Crippen molar-refractivity contribution < 1.29 is 41.9 Å². The highest BCUT2D eigenvalue weighted by atomic mass is 32.2. The van der Waals surface area contributed by atoms with Gasteiger partial charge in [0.05, 0.1) is 52.8 Å². The van der Waals surface area contributed by atoms with Gasteiger partial charge >= 0.3 is 6.09 Å². The van der Waals surface area contributed by atoms with Gasteiger partial charge < -0.3 is 33.9 Å². The molecule has 1 N–H and O–H groups in total. The molecule has 3 aliphatic heterocycles. The molecule has 6 rings (SSSR count). The van der Waals surface area contributed by atoms with E-state index in [-0.39, 0.29) is 60.8 Å². The average Bonchev–Trinajstić information content (AvgIpc) is 3.69. The number of hydrogen-bond acceptors (Lipinski definition) is 11. The zero-order chi connectivity index (χ0) is 30.3. The summed E-state index contributed by atoms with van der Waals surface area (Å²) in [5.41, 5.74) is 1.61. The molecule has 43 heavy (non-hydrogen) atoms. The van der Waals surface area contributed by atoms with E-state index in [0.29, 0.717) is 29.2 Å². The summed E-state index contributed by atoms with van der Waals surface area (Å²) >= 11 is 0. The van der Waals surface area contributed by atoms with E-state index in [1.54, 1.807) is 14.0 Å². The van der Waals surface area contributed by atoms with Crippen molar-refractivity contribution in [3.05, 3.63) is 47.7 Å². The number of nitrogens with one attached hydrogen (secondary N) is 1. The zero-order valence-corrected chi connectivity index (χ0v) is 24.5. The van der Waals surface area contributed by atoms with Crippen LogP contribution in [0.25, 0.3) is 5.52 Å². The van der Waals surface area contributed by atoms with Gasteiger partial charge in [0.2, 0.25) is 0 Å². The molecule has 5 heterocycles. The fourth-order valence-corrected chi connectivity index (χ4v) is 7.31. The van der Waals surface area contributed by atoms with Gasteiger partial charge in [0.15, 0.2) is 11.9 Å². The summed E-state index contributed by atoms with van der Waals surface area (Å²) in [5.74, 6) is -0.476. The zero-order valence-electron chi connectivity index (χ0n) is 23.7. The Hall–Kier alpha value is -3.86. The van der Waals surface area contributed by atoms with E-state index in [1.165, 1.54) is 47.2 Å². The summed E-state index contributed by atoms with van der Waals surface area (Å²) in [6, 6.07) is 4.07. The first-order chi connectivity index (χ1) is 20.7. The minimum absolute atomic E-state index is 0.0605. The van der Waals surface area contributed by atoms with Crippen LogP contribution in [0.4, 0.5) is 20.7 Å². The smallest absolute Gasteiger partial charge is 0.409 e. The highest BCUT2D eigenvalue weighted by molar-refractivity contribution is 7.94. The van der Waals surface area contributed by atoms with Crippen LogP contribution in [0.15, 0.2) is 35.1 Å². The lowest BCUT2D eigenvalue weighted by atomic mass is 10.1. The number of amides is 2. The third kappa shape index (κ3) is 5.62. The largest absolute Gasteiger partial charge is 0.483 e. The highest BCUT2D eigenvalue weighted by Gasteiger charge is 2.49. The molecule has 0 spiro atoms. The van der Waals surface area contributed by atoms with Crippen LogP contribution in [-0.4, -0.2) is 112 Å². The standard InChI is InChI=1S/C27H31FN6O8S/c1-15-17(26(35)32-43(37)8-6-33(7-9-43)27(36)39-3)11-34-22(15)25(29-14-30-34)31-18-5-4-16(28)10-19(18)42-21-13-41-23-20(38-2)12-40-24(21)23/h4-5,10-11,14,20-21,23-24H,6-9,12-13H2,1-3H3,(H,29,30,31)/t20-,21-,23-,24-/m1/s1. The number of aryl methyl sites for hydroxylation is 1. The van der Waals surface area contributed by atoms with Gasteiger partial charge in [-0.3, -0.25) is 4.79 Å². The molecule has 3 fully saturated rings. The van der Waals surface area contributed by atoms with Crippen molar-refractivity contribution in [1.29, 1.82) is 0 Å². The maximum atomic E-state index is 14.3. The van der Waals surface area contributed by atoms with Gasteiger partial charge in [-0.25, -0.2) is 22.9 Å². The molecule has 230 valence electrons. The number of carbonyl (C=O) groups excluding carboxylic acids is 2. The molecule has 2 amide bonds. The van der Waals surface area contributed by atoms with Gasteiger partial charge in [-0.15, -0.1) is 0 Å². The summed E-state index contributed by atoms with van der Waals surface area (Å²) in [6.07, 6.45) is 0.961. The molecule has 3 saturated heterocycles. The Morgan fingerprint density at radius 3 is 2.58 bits per heavy atom. The van der Waals surface area contributed by atoms with E-state index in [0.717, 1.165) is 0 Å². The minimum Gasteiger partial charge on any atom is -0.483 e.